The maximum absolute atomic E-state index is 13.7. The fraction of sp³-hybridized carbons (Fsp3) is 0.478. The summed E-state index contributed by atoms with van der Waals surface area (Å²) in [5, 5.41) is 0.549. The lowest BCUT2D eigenvalue weighted by Crippen LogP contribution is -2.07. The summed E-state index contributed by atoms with van der Waals surface area (Å²) in [6.07, 6.45) is 8.76. The van der Waals surface area contributed by atoms with Crippen LogP contribution in [0.25, 0.3) is 0 Å². The van der Waals surface area contributed by atoms with Gasteiger partial charge in [-0.25, -0.2) is 59.9 Å². The van der Waals surface area contributed by atoms with Crippen LogP contribution in [-0.2, 0) is 59.0 Å². The van der Waals surface area contributed by atoms with Crippen molar-refractivity contribution in [2.75, 3.05) is 37.5 Å². The number of sulfone groups is 6. The Balaban J connectivity index is 0.000000528. The van der Waals surface area contributed by atoms with Gasteiger partial charge in [0.1, 0.15) is 10.7 Å². The van der Waals surface area contributed by atoms with E-state index in [9.17, 15) is 54.9 Å². The number of halogens is 2. The van der Waals surface area contributed by atoms with Crippen LogP contribution in [0.4, 0.5) is 4.39 Å². The van der Waals surface area contributed by atoms with Crippen molar-refractivity contribution in [3.63, 3.8) is 0 Å². The van der Waals surface area contributed by atoms with Gasteiger partial charge >= 0.3 is 0 Å². The first kappa shape index (κ1) is 81.2. The van der Waals surface area contributed by atoms with Gasteiger partial charge in [0.05, 0.1) is 24.6 Å². The van der Waals surface area contributed by atoms with E-state index in [0.717, 1.165) is 61.9 Å². The SMILES string of the molecule is Cc1c(C(C)C)ccc(S(C)(=O)=O)c1C.Cc1c(C(C)C)ccc(S(C)(=O)=O)c1Cl.Cc1c(C(C)C)ccc(S(C)(=O)=O)c1F.Cc1c(C(C)C)cnc(S(C)(=O)=O)c1C.Cc1cc(S(C)(=O)=O)ccc1C(C)C.Cc1cc(S(C)(=O)=O)ccc1C(C)C. The molecule has 0 bridgehead atoms. The van der Waals surface area contributed by atoms with Gasteiger partial charge in [-0.2, -0.15) is 0 Å². The summed E-state index contributed by atoms with van der Waals surface area (Å²) in [6.45, 7) is 39.7. The van der Waals surface area contributed by atoms with Crippen molar-refractivity contribution in [1.82, 2.24) is 4.98 Å². The summed E-state index contributed by atoms with van der Waals surface area (Å²) >= 11 is 6.05. The molecule has 6 rings (SSSR count). The van der Waals surface area contributed by atoms with Gasteiger partial charge in [-0.1, -0.05) is 125 Å². The molecule has 0 aliphatic rings. The highest BCUT2D eigenvalue weighted by Crippen LogP contribution is 2.32. The standard InChI is InChI=1S/C12H18O2S.C11H15ClO2S.C11H15FO2S.C11H17NO2S.2C11H16O2S/c1-8(2)11-6-7-12(15(5,13)14)10(4)9(11)3;2*1-7(2)9-5-6-10(15(4,13)14)11(12)8(9)3;1-7(2)10-6-12-11(15(5,13)14)9(4)8(10)3;2*1-8(2)11-6-5-10(7-9(11)3)14(4,12)13/h6-8H,1-5H3;2*5-7H,1-4H3;6-7H,1-5H3;2*5-8H,1-4H3. The third-order valence-electron chi connectivity index (χ3n) is 14.8. The van der Waals surface area contributed by atoms with E-state index in [4.69, 9.17) is 11.6 Å². The number of aromatic nitrogens is 1. The zero-order chi connectivity index (χ0) is 69.1. The lowest BCUT2D eigenvalue weighted by Gasteiger charge is -2.14. The van der Waals surface area contributed by atoms with E-state index in [0.29, 0.717) is 54.9 Å². The van der Waals surface area contributed by atoms with E-state index < -0.39 is 64.8 Å². The Morgan fingerprint density at radius 1 is 0.330 bits per heavy atom. The summed E-state index contributed by atoms with van der Waals surface area (Å²) in [7, 11) is -19.1. The molecule has 0 saturated carbocycles. The number of pyridine rings is 1. The van der Waals surface area contributed by atoms with Gasteiger partial charge in [0, 0.05) is 43.7 Å². The molecule has 0 aliphatic carbocycles. The monoisotopic (exact) mass is 1350 g/mol. The fourth-order valence-corrected chi connectivity index (χ4v) is 15.3. The highest BCUT2D eigenvalue weighted by Gasteiger charge is 2.21. The highest BCUT2D eigenvalue weighted by molar-refractivity contribution is 7.92. The summed E-state index contributed by atoms with van der Waals surface area (Å²) < 4.78 is 150. The maximum Gasteiger partial charge on any atom is 0.193 e. The molecule has 1 aromatic heterocycles. The van der Waals surface area contributed by atoms with Gasteiger partial charge in [-0.15, -0.1) is 0 Å². The van der Waals surface area contributed by atoms with Crippen molar-refractivity contribution in [3.8, 4) is 0 Å². The molecule has 13 nitrogen and oxygen atoms in total. The summed E-state index contributed by atoms with van der Waals surface area (Å²) in [4.78, 5) is 5.29. The maximum atomic E-state index is 13.7. The van der Waals surface area contributed by atoms with E-state index in [1.807, 2.05) is 86.6 Å². The molecular weight excluding hydrogens is 1260 g/mol. The Morgan fingerprint density at radius 2 is 0.625 bits per heavy atom. The van der Waals surface area contributed by atoms with Crippen molar-refractivity contribution in [3.05, 3.63) is 168 Å². The molecule has 0 fully saturated rings. The van der Waals surface area contributed by atoms with Gasteiger partial charge in [-0.3, -0.25) is 0 Å². The second-order valence-electron chi connectivity index (χ2n) is 24.5. The van der Waals surface area contributed by atoms with Crippen LogP contribution in [0.2, 0.25) is 5.02 Å². The van der Waals surface area contributed by atoms with Gasteiger partial charge < -0.3 is 0 Å². The molecule has 5 aromatic carbocycles. The summed E-state index contributed by atoms with van der Waals surface area (Å²) in [5.74, 6) is 1.57. The molecule has 0 unspecified atom stereocenters. The number of nitrogens with zero attached hydrogens (tertiary/aromatic N) is 1. The largest absolute Gasteiger partial charge is 0.244 e. The van der Waals surface area contributed by atoms with Crippen LogP contribution in [-0.4, -0.2) is 93.0 Å². The van der Waals surface area contributed by atoms with Crippen molar-refractivity contribution in [2.24, 2.45) is 0 Å². The second-order valence-corrected chi connectivity index (χ2v) is 36.7. The van der Waals surface area contributed by atoms with E-state index in [2.05, 4.69) is 74.2 Å². The number of hydrogen-bond acceptors (Lipinski definition) is 13. The Kier molecular flexibility index (Phi) is 29.9. The molecule has 0 N–H and O–H groups in total. The van der Waals surface area contributed by atoms with E-state index >= 15 is 0 Å². The van der Waals surface area contributed by atoms with Crippen molar-refractivity contribution >= 4 is 70.6 Å². The molecule has 0 saturated heterocycles. The molecular formula is C67H97ClFNO12S6. The van der Waals surface area contributed by atoms with E-state index in [1.165, 1.54) is 54.0 Å². The quantitative estimate of drug-likeness (QED) is 0.111. The Morgan fingerprint density at radius 3 is 0.932 bits per heavy atom. The van der Waals surface area contributed by atoms with Gasteiger partial charge in [0.2, 0.25) is 0 Å². The molecule has 0 aliphatic heterocycles. The minimum Gasteiger partial charge on any atom is -0.244 e. The zero-order valence-electron chi connectivity index (χ0n) is 56.5. The third-order valence-corrected chi connectivity index (χ3v) is 22.3. The normalized spacial score (nSPS) is 12.1. The van der Waals surface area contributed by atoms with Crippen LogP contribution in [0.3, 0.4) is 0 Å². The van der Waals surface area contributed by atoms with Crippen LogP contribution < -0.4 is 0 Å². The smallest absolute Gasteiger partial charge is 0.193 e. The fourth-order valence-electron chi connectivity index (χ4n) is 9.73. The summed E-state index contributed by atoms with van der Waals surface area (Å²) in [6, 6.07) is 20.7. The Bertz CT molecular complexity index is 3700. The average molecular weight is 1360 g/mol. The van der Waals surface area contributed by atoms with Gasteiger partial charge in [-0.05, 0) is 211 Å². The van der Waals surface area contributed by atoms with E-state index in [-0.39, 0.29) is 20.7 Å². The van der Waals surface area contributed by atoms with Crippen molar-refractivity contribution in [2.45, 2.75) is 203 Å². The van der Waals surface area contributed by atoms with E-state index in [1.54, 1.807) is 55.6 Å². The minimum atomic E-state index is -3.47. The zero-order valence-corrected chi connectivity index (χ0v) is 62.2. The Hall–Kier alpha value is -4.83. The topological polar surface area (TPSA) is 218 Å². The van der Waals surface area contributed by atoms with Crippen LogP contribution in [0, 0.1) is 61.2 Å². The average Bonchev–Trinajstić information content (AvgIpc) is 3.53. The van der Waals surface area contributed by atoms with Gasteiger partial charge in [0.25, 0.3) is 0 Å². The molecule has 0 atom stereocenters. The molecule has 21 heteroatoms. The molecule has 0 spiro atoms. The first-order valence-electron chi connectivity index (χ1n) is 28.7. The van der Waals surface area contributed by atoms with Crippen LogP contribution in [0.5, 0.6) is 0 Å². The second kappa shape index (κ2) is 32.4. The predicted octanol–water partition coefficient (Wildman–Crippen LogP) is 15.9. The van der Waals surface area contributed by atoms with Crippen molar-refractivity contribution < 1.29 is 54.9 Å². The minimum absolute atomic E-state index is 0.188. The molecule has 0 amide bonds. The molecule has 88 heavy (non-hydrogen) atoms. The molecule has 492 valence electrons. The predicted molar refractivity (Wildman–Crippen MR) is 363 cm³/mol. The van der Waals surface area contributed by atoms with Crippen LogP contribution in [0.1, 0.15) is 196 Å². The molecule has 6 aromatic rings. The van der Waals surface area contributed by atoms with Crippen LogP contribution in [0.15, 0.2) is 108 Å². The highest BCUT2D eigenvalue weighted by atomic mass is 35.5. The number of benzene rings is 5. The first-order chi connectivity index (χ1) is 39.6. The van der Waals surface area contributed by atoms with Crippen molar-refractivity contribution in [1.29, 1.82) is 0 Å². The number of aryl methyl sites for hydroxylation is 2. The molecule has 1 heterocycles. The summed E-state index contributed by atoms with van der Waals surface area (Å²) in [5.41, 5.74) is 13.8. The van der Waals surface area contributed by atoms with Gasteiger partial charge in [0.15, 0.2) is 64.0 Å². The third kappa shape index (κ3) is 23.4. The Labute approximate surface area is 535 Å². The lowest BCUT2D eigenvalue weighted by atomic mass is 9.95. The molecule has 0 radical (unpaired) electrons. The van der Waals surface area contributed by atoms with Crippen LogP contribution >= 0.6 is 11.6 Å². The number of rotatable bonds is 12. The first-order valence-corrected chi connectivity index (χ1v) is 40.4. The number of hydrogen-bond donors (Lipinski definition) is 0. The lowest BCUT2D eigenvalue weighted by molar-refractivity contribution is 0.561.